The van der Waals surface area contributed by atoms with Gasteiger partial charge in [-0.25, -0.2) is 13.1 Å². The third kappa shape index (κ3) is 5.64. The van der Waals surface area contributed by atoms with Gasteiger partial charge >= 0.3 is 6.18 Å². The number of rotatable bonds is 6. The van der Waals surface area contributed by atoms with E-state index in [1.807, 2.05) is 0 Å². The summed E-state index contributed by atoms with van der Waals surface area (Å²) in [6.45, 7) is 1.15. The van der Waals surface area contributed by atoms with Gasteiger partial charge in [0.2, 0.25) is 10.0 Å². The minimum absolute atomic E-state index is 0. The molecule has 0 radical (unpaired) electrons. The van der Waals surface area contributed by atoms with Crippen LogP contribution in [-0.2, 0) is 16.2 Å². The zero-order chi connectivity index (χ0) is 20.4. The Morgan fingerprint density at radius 1 is 1.18 bits per heavy atom. The Morgan fingerprint density at radius 2 is 1.75 bits per heavy atom. The summed E-state index contributed by atoms with van der Waals surface area (Å²) in [4.78, 5) is 9.94. The molecule has 0 aliphatic heterocycles. The van der Waals surface area contributed by atoms with Gasteiger partial charge in [0.05, 0.1) is 15.4 Å². The van der Waals surface area contributed by atoms with Crippen LogP contribution < -0.4 is 10.5 Å². The number of non-ortho nitro benzene ring substituents is 1. The second kappa shape index (κ2) is 8.86. The van der Waals surface area contributed by atoms with Crippen LogP contribution in [0, 0.1) is 17.0 Å². The van der Waals surface area contributed by atoms with Crippen LogP contribution in [0.4, 0.5) is 18.9 Å². The van der Waals surface area contributed by atoms with E-state index in [1.165, 1.54) is 19.1 Å². The number of hydrogen-bond donors (Lipinski definition) is 2. The monoisotopic (exact) mass is 439 g/mol. The fourth-order valence-corrected chi connectivity index (χ4v) is 3.65. The molecule has 2 aromatic carbocycles. The zero-order valence-electron chi connectivity index (χ0n) is 14.4. The first-order valence-electron chi connectivity index (χ1n) is 7.59. The van der Waals surface area contributed by atoms with Crippen molar-refractivity contribution < 1.29 is 26.5 Å². The minimum atomic E-state index is -4.47. The molecule has 3 N–H and O–H groups in total. The second-order valence-electron chi connectivity index (χ2n) is 5.79. The Balaban J connectivity index is 0.00000392. The third-order valence-corrected chi connectivity index (χ3v) is 5.40. The van der Waals surface area contributed by atoms with E-state index in [-0.39, 0.29) is 35.1 Å². The Hall–Kier alpha value is -2.21. The molecule has 0 unspecified atom stereocenters. The van der Waals surface area contributed by atoms with Crippen LogP contribution in [-0.4, -0.2) is 19.9 Å². The van der Waals surface area contributed by atoms with Gasteiger partial charge in [0, 0.05) is 24.7 Å². The van der Waals surface area contributed by atoms with Gasteiger partial charge in [-0.2, -0.15) is 13.2 Å². The van der Waals surface area contributed by atoms with Crippen molar-refractivity contribution >= 4 is 28.1 Å². The second-order valence-corrected chi connectivity index (χ2v) is 7.52. The van der Waals surface area contributed by atoms with Gasteiger partial charge in [-0.3, -0.25) is 10.1 Å². The van der Waals surface area contributed by atoms with E-state index in [2.05, 4.69) is 4.72 Å². The summed E-state index contributed by atoms with van der Waals surface area (Å²) in [7, 11) is -4.00. The molecule has 0 saturated heterocycles. The van der Waals surface area contributed by atoms with Crippen LogP contribution in [0.1, 0.15) is 22.7 Å². The first-order valence-corrected chi connectivity index (χ1v) is 9.07. The van der Waals surface area contributed by atoms with Crippen molar-refractivity contribution in [2.24, 2.45) is 5.73 Å². The Kier molecular flexibility index (Phi) is 7.54. The molecule has 0 amide bonds. The summed E-state index contributed by atoms with van der Waals surface area (Å²) in [5.74, 6) is 0. The summed E-state index contributed by atoms with van der Waals surface area (Å²) in [6.07, 6.45) is -4.47. The predicted octanol–water partition coefficient (Wildman–Crippen LogP) is 3.32. The van der Waals surface area contributed by atoms with Crippen molar-refractivity contribution in [1.82, 2.24) is 4.72 Å². The molecular formula is C16H17ClF3N3O4S. The molecule has 0 aromatic heterocycles. The number of hydrogen-bond acceptors (Lipinski definition) is 5. The molecule has 12 heteroatoms. The maximum Gasteiger partial charge on any atom is 0.416 e. The van der Waals surface area contributed by atoms with E-state index in [0.29, 0.717) is 5.56 Å². The molecule has 0 aliphatic rings. The molecule has 28 heavy (non-hydrogen) atoms. The topological polar surface area (TPSA) is 115 Å². The lowest BCUT2D eigenvalue weighted by molar-refractivity contribution is -0.385. The molecule has 154 valence electrons. The average molecular weight is 440 g/mol. The summed E-state index contributed by atoms with van der Waals surface area (Å²) in [6, 6.07) is 6.52. The molecule has 0 saturated carbocycles. The number of nitrogens with two attached hydrogens (primary N) is 1. The maximum absolute atomic E-state index is 12.6. The molecular weight excluding hydrogens is 423 g/mol. The molecule has 1 atom stereocenters. The number of nitro benzene ring substituents is 1. The minimum Gasteiger partial charge on any atom is -0.323 e. The van der Waals surface area contributed by atoms with E-state index < -0.39 is 32.7 Å². The van der Waals surface area contributed by atoms with Crippen LogP contribution in [0.3, 0.4) is 0 Å². The molecule has 7 nitrogen and oxygen atoms in total. The highest BCUT2D eigenvalue weighted by Crippen LogP contribution is 2.29. The van der Waals surface area contributed by atoms with Crippen LogP contribution >= 0.6 is 12.4 Å². The lowest BCUT2D eigenvalue weighted by Crippen LogP contribution is -2.32. The molecule has 0 aliphatic carbocycles. The van der Waals surface area contributed by atoms with E-state index in [1.54, 1.807) is 0 Å². The fourth-order valence-electron chi connectivity index (χ4n) is 2.36. The highest BCUT2D eigenvalue weighted by molar-refractivity contribution is 7.89. The number of benzene rings is 2. The highest BCUT2D eigenvalue weighted by Gasteiger charge is 2.30. The normalized spacial score (nSPS) is 12.9. The summed E-state index contributed by atoms with van der Waals surface area (Å²) in [5, 5.41) is 10.7. The lowest BCUT2D eigenvalue weighted by Gasteiger charge is -2.15. The average Bonchev–Trinajstić information content (AvgIpc) is 2.58. The summed E-state index contributed by atoms with van der Waals surface area (Å²) < 4.78 is 64.7. The van der Waals surface area contributed by atoms with Crippen molar-refractivity contribution in [1.29, 1.82) is 0 Å². The summed E-state index contributed by atoms with van der Waals surface area (Å²) >= 11 is 0. The van der Waals surface area contributed by atoms with Crippen molar-refractivity contribution in [2.45, 2.75) is 24.0 Å². The van der Waals surface area contributed by atoms with Gasteiger partial charge in [0.25, 0.3) is 5.69 Å². The molecule has 2 rings (SSSR count). The van der Waals surface area contributed by atoms with Gasteiger partial charge in [-0.05, 0) is 36.2 Å². The first kappa shape index (κ1) is 23.8. The molecule has 2 aromatic rings. The van der Waals surface area contributed by atoms with Crippen molar-refractivity contribution in [2.75, 3.05) is 6.54 Å². The summed E-state index contributed by atoms with van der Waals surface area (Å²) in [5.41, 5.74) is 5.27. The van der Waals surface area contributed by atoms with Crippen molar-refractivity contribution in [3.63, 3.8) is 0 Å². The third-order valence-electron chi connectivity index (χ3n) is 3.82. The molecule has 0 heterocycles. The van der Waals surface area contributed by atoms with Crippen molar-refractivity contribution in [3.05, 3.63) is 69.3 Å². The number of nitro groups is 1. The Bertz CT molecular complexity index is 951. The largest absolute Gasteiger partial charge is 0.416 e. The van der Waals surface area contributed by atoms with E-state index in [4.69, 9.17) is 5.73 Å². The van der Waals surface area contributed by atoms with Gasteiger partial charge < -0.3 is 5.73 Å². The quantitative estimate of drug-likeness (QED) is 0.529. The SMILES string of the molecule is Cc1cc([N+](=O)[O-])ccc1S(=O)(=O)NC[C@@H](N)c1ccc(C(F)(F)F)cc1.Cl. The predicted molar refractivity (Wildman–Crippen MR) is 98.6 cm³/mol. The van der Waals surface area contributed by atoms with Gasteiger partial charge in [-0.15, -0.1) is 12.4 Å². The van der Waals surface area contributed by atoms with Gasteiger partial charge in [0.1, 0.15) is 0 Å². The standard InChI is InChI=1S/C16H16F3N3O4S.ClH/c1-10-8-13(22(23)24)6-7-15(10)27(25,26)21-9-14(20)11-2-4-12(5-3-11)16(17,18)19;/h2-8,14,21H,9,20H2,1H3;1H/t14-;/m1./s1. The molecule has 0 spiro atoms. The maximum atomic E-state index is 12.6. The smallest absolute Gasteiger partial charge is 0.323 e. The van der Waals surface area contributed by atoms with Crippen LogP contribution in [0.15, 0.2) is 47.4 Å². The van der Waals surface area contributed by atoms with E-state index in [9.17, 15) is 31.7 Å². The van der Waals surface area contributed by atoms with Crippen LogP contribution in [0.25, 0.3) is 0 Å². The lowest BCUT2D eigenvalue weighted by atomic mass is 10.1. The highest BCUT2D eigenvalue weighted by atomic mass is 35.5. The number of nitrogens with one attached hydrogen (secondary N) is 1. The van der Waals surface area contributed by atoms with Crippen LogP contribution in [0.5, 0.6) is 0 Å². The number of nitrogens with zero attached hydrogens (tertiary/aromatic N) is 1. The Labute approximate surface area is 165 Å². The number of aryl methyl sites for hydroxylation is 1. The number of alkyl halides is 3. The van der Waals surface area contributed by atoms with Gasteiger partial charge in [0.15, 0.2) is 0 Å². The number of sulfonamides is 1. The zero-order valence-corrected chi connectivity index (χ0v) is 16.1. The molecule has 0 fully saturated rings. The van der Waals surface area contributed by atoms with E-state index >= 15 is 0 Å². The van der Waals surface area contributed by atoms with Crippen molar-refractivity contribution in [3.8, 4) is 0 Å². The molecule has 0 bridgehead atoms. The Morgan fingerprint density at radius 3 is 2.21 bits per heavy atom. The van der Waals surface area contributed by atoms with Gasteiger partial charge in [-0.1, -0.05) is 12.1 Å². The number of halogens is 4. The first-order chi connectivity index (χ1) is 12.4. The van der Waals surface area contributed by atoms with Crippen LogP contribution in [0.2, 0.25) is 0 Å². The van der Waals surface area contributed by atoms with E-state index in [0.717, 1.165) is 30.3 Å². The fraction of sp³-hybridized carbons (Fsp3) is 0.250.